The first-order chi connectivity index (χ1) is 5.77. The van der Waals surface area contributed by atoms with E-state index in [4.69, 9.17) is 0 Å². The predicted octanol–water partition coefficient (Wildman–Crippen LogP) is 1.14. The van der Waals surface area contributed by atoms with Gasteiger partial charge in [0, 0.05) is 11.5 Å². The lowest BCUT2D eigenvalue weighted by atomic mass is 10.0. The molecule has 1 atom stereocenters. The van der Waals surface area contributed by atoms with Gasteiger partial charge >= 0.3 is 0 Å². The van der Waals surface area contributed by atoms with Gasteiger partial charge in [0.1, 0.15) is 5.84 Å². The quantitative estimate of drug-likeness (QED) is 0.563. The van der Waals surface area contributed by atoms with E-state index in [9.17, 15) is 4.79 Å². The molecule has 2 heterocycles. The van der Waals surface area contributed by atoms with Crippen molar-refractivity contribution >= 4 is 29.2 Å². The fourth-order valence-electron chi connectivity index (χ4n) is 1.47. The maximum absolute atomic E-state index is 11.4. The van der Waals surface area contributed by atoms with Crippen molar-refractivity contribution < 1.29 is 4.79 Å². The second kappa shape index (κ2) is 3.01. The fraction of sp³-hybridized carbons (Fsp3) is 0.625. The van der Waals surface area contributed by atoms with Crippen LogP contribution in [0.2, 0.25) is 0 Å². The Bertz CT molecular complexity index is 283. The molecular formula is C8H10N2OS. The van der Waals surface area contributed by atoms with Crippen LogP contribution in [0.4, 0.5) is 0 Å². The monoisotopic (exact) mass is 182 g/mol. The van der Waals surface area contributed by atoms with Crippen LogP contribution in [0, 0.1) is 5.92 Å². The molecule has 1 unspecified atom stereocenters. The summed E-state index contributed by atoms with van der Waals surface area (Å²) in [4.78, 5) is 19.5. The molecule has 0 aliphatic carbocycles. The maximum Gasteiger partial charge on any atom is 0.257 e. The summed E-state index contributed by atoms with van der Waals surface area (Å²) in [6.45, 7) is 1.78. The number of nitrogens with zero attached hydrogens (tertiary/aromatic N) is 2. The first-order valence-electron chi connectivity index (χ1n) is 4.02. The van der Waals surface area contributed by atoms with Crippen LogP contribution in [0.5, 0.6) is 0 Å². The number of hydrogen-bond acceptors (Lipinski definition) is 3. The molecule has 2 aliphatic heterocycles. The Morgan fingerprint density at radius 3 is 3.17 bits per heavy atom. The van der Waals surface area contributed by atoms with Crippen LogP contribution in [0.15, 0.2) is 9.98 Å². The van der Waals surface area contributed by atoms with Crippen LogP contribution < -0.4 is 0 Å². The molecule has 2 aliphatic rings. The number of carbonyl (C=O) groups excluding carboxylic acids is 1. The van der Waals surface area contributed by atoms with Gasteiger partial charge in [-0.05, 0) is 19.1 Å². The molecule has 2 rings (SSSR count). The molecule has 12 heavy (non-hydrogen) atoms. The van der Waals surface area contributed by atoms with Crippen LogP contribution in [0.25, 0.3) is 0 Å². The standard InChI is InChI=1S/C8H10N2OS/c1-5-9-7-2-3-12-4-6(7)8(11)10-5/h6H,2-4H2,1H3. The molecule has 0 radical (unpaired) electrons. The third-order valence-electron chi connectivity index (χ3n) is 2.06. The molecule has 0 spiro atoms. The Balaban J connectivity index is 2.29. The fourth-order valence-corrected chi connectivity index (χ4v) is 2.56. The molecule has 1 saturated heterocycles. The van der Waals surface area contributed by atoms with Crippen molar-refractivity contribution in [1.29, 1.82) is 0 Å². The Labute approximate surface area is 75.4 Å². The SMILES string of the molecule is CC1=NC(=O)C2CSCCC2=N1. The Kier molecular flexibility index (Phi) is 2.00. The van der Waals surface area contributed by atoms with Crippen molar-refractivity contribution in [2.45, 2.75) is 13.3 Å². The van der Waals surface area contributed by atoms with Crippen molar-refractivity contribution in [2.75, 3.05) is 11.5 Å². The van der Waals surface area contributed by atoms with Crippen LogP contribution in [-0.4, -0.2) is 29.0 Å². The molecule has 0 aromatic carbocycles. The van der Waals surface area contributed by atoms with Gasteiger partial charge < -0.3 is 0 Å². The summed E-state index contributed by atoms with van der Waals surface area (Å²) in [6, 6.07) is 0. The molecule has 1 fully saturated rings. The maximum atomic E-state index is 11.4. The van der Waals surface area contributed by atoms with Crippen molar-refractivity contribution in [3.8, 4) is 0 Å². The lowest BCUT2D eigenvalue weighted by Crippen LogP contribution is -2.33. The summed E-state index contributed by atoms with van der Waals surface area (Å²) < 4.78 is 0. The minimum atomic E-state index is -0.00699. The van der Waals surface area contributed by atoms with Crippen molar-refractivity contribution in [2.24, 2.45) is 15.9 Å². The summed E-state index contributed by atoms with van der Waals surface area (Å²) in [5, 5.41) is 0. The van der Waals surface area contributed by atoms with Gasteiger partial charge in [0.15, 0.2) is 0 Å². The highest BCUT2D eigenvalue weighted by molar-refractivity contribution is 7.99. The van der Waals surface area contributed by atoms with Crippen LogP contribution in [-0.2, 0) is 4.79 Å². The number of fused-ring (bicyclic) bond motifs is 1. The van der Waals surface area contributed by atoms with Crippen molar-refractivity contribution in [3.63, 3.8) is 0 Å². The summed E-state index contributed by atoms with van der Waals surface area (Å²) in [7, 11) is 0. The third kappa shape index (κ3) is 1.31. The molecule has 64 valence electrons. The molecule has 0 bridgehead atoms. The number of aliphatic imine (C=N–C) groups is 2. The normalized spacial score (nSPS) is 29.1. The van der Waals surface area contributed by atoms with Crippen molar-refractivity contribution in [3.05, 3.63) is 0 Å². The van der Waals surface area contributed by atoms with E-state index in [1.165, 1.54) is 0 Å². The molecule has 0 aromatic rings. The first-order valence-corrected chi connectivity index (χ1v) is 5.17. The highest BCUT2D eigenvalue weighted by atomic mass is 32.2. The zero-order valence-corrected chi connectivity index (χ0v) is 7.73. The number of hydrogen-bond donors (Lipinski definition) is 0. The van der Waals surface area contributed by atoms with Crippen LogP contribution in [0.3, 0.4) is 0 Å². The van der Waals surface area contributed by atoms with Gasteiger partial charge in [-0.25, -0.2) is 4.99 Å². The number of carbonyl (C=O) groups is 1. The summed E-state index contributed by atoms with van der Waals surface area (Å²) >= 11 is 1.81. The van der Waals surface area contributed by atoms with Gasteiger partial charge in [-0.15, -0.1) is 0 Å². The van der Waals surface area contributed by atoms with Gasteiger partial charge in [-0.2, -0.15) is 16.8 Å². The molecular weight excluding hydrogens is 172 g/mol. The van der Waals surface area contributed by atoms with Gasteiger partial charge in [0.05, 0.1) is 5.92 Å². The van der Waals surface area contributed by atoms with E-state index >= 15 is 0 Å². The number of rotatable bonds is 0. The summed E-state index contributed by atoms with van der Waals surface area (Å²) in [6.07, 6.45) is 0.952. The average Bonchev–Trinajstić information content (AvgIpc) is 2.04. The van der Waals surface area contributed by atoms with E-state index < -0.39 is 0 Å². The van der Waals surface area contributed by atoms with E-state index in [-0.39, 0.29) is 11.8 Å². The topological polar surface area (TPSA) is 41.8 Å². The molecule has 1 amide bonds. The summed E-state index contributed by atoms with van der Waals surface area (Å²) in [5.41, 5.74) is 1.05. The number of amides is 1. The largest absolute Gasteiger partial charge is 0.272 e. The number of thioether (sulfide) groups is 1. The minimum absolute atomic E-state index is 0.00435. The highest BCUT2D eigenvalue weighted by Crippen LogP contribution is 2.24. The van der Waals surface area contributed by atoms with E-state index in [2.05, 4.69) is 9.98 Å². The van der Waals surface area contributed by atoms with Gasteiger partial charge in [0.25, 0.3) is 5.91 Å². The van der Waals surface area contributed by atoms with Crippen LogP contribution >= 0.6 is 11.8 Å². The zero-order chi connectivity index (χ0) is 8.55. The minimum Gasteiger partial charge on any atom is -0.272 e. The molecule has 0 N–H and O–H groups in total. The Morgan fingerprint density at radius 1 is 1.50 bits per heavy atom. The third-order valence-corrected chi connectivity index (χ3v) is 3.13. The van der Waals surface area contributed by atoms with Crippen LogP contribution in [0.1, 0.15) is 13.3 Å². The smallest absolute Gasteiger partial charge is 0.257 e. The lowest BCUT2D eigenvalue weighted by molar-refractivity contribution is -0.119. The zero-order valence-electron chi connectivity index (χ0n) is 6.91. The van der Waals surface area contributed by atoms with Gasteiger partial charge in [-0.3, -0.25) is 4.79 Å². The second-order valence-electron chi connectivity index (χ2n) is 2.98. The number of amidine groups is 1. The average molecular weight is 182 g/mol. The molecule has 0 saturated carbocycles. The van der Waals surface area contributed by atoms with Crippen molar-refractivity contribution in [1.82, 2.24) is 0 Å². The lowest BCUT2D eigenvalue weighted by Gasteiger charge is -2.23. The summed E-state index contributed by atoms with van der Waals surface area (Å²) in [5.74, 6) is 2.58. The van der Waals surface area contributed by atoms with E-state index in [0.29, 0.717) is 5.84 Å². The van der Waals surface area contributed by atoms with E-state index in [0.717, 1.165) is 23.6 Å². The van der Waals surface area contributed by atoms with E-state index in [1.54, 1.807) is 6.92 Å². The second-order valence-corrected chi connectivity index (χ2v) is 4.13. The first kappa shape index (κ1) is 7.98. The molecule has 4 heteroatoms. The van der Waals surface area contributed by atoms with Gasteiger partial charge in [0.2, 0.25) is 0 Å². The highest BCUT2D eigenvalue weighted by Gasteiger charge is 2.29. The van der Waals surface area contributed by atoms with Gasteiger partial charge in [-0.1, -0.05) is 0 Å². The molecule has 0 aromatic heterocycles. The predicted molar refractivity (Wildman–Crippen MR) is 51.0 cm³/mol. The van der Waals surface area contributed by atoms with E-state index in [1.807, 2.05) is 11.8 Å². The Morgan fingerprint density at radius 2 is 2.33 bits per heavy atom. The Hall–Kier alpha value is -0.640. The molecule has 3 nitrogen and oxygen atoms in total.